The molecule has 0 radical (unpaired) electrons. The first-order valence-corrected chi connectivity index (χ1v) is 7.10. The highest BCUT2D eigenvalue weighted by atomic mass is 16.3. The largest absolute Gasteiger partial charge is 0.378 e. The summed E-state index contributed by atoms with van der Waals surface area (Å²) in [6, 6.07) is 0.685. The molecular formula is C14H28N2O. The van der Waals surface area contributed by atoms with E-state index in [0.29, 0.717) is 17.4 Å². The lowest BCUT2D eigenvalue weighted by Crippen LogP contribution is -2.64. The van der Waals surface area contributed by atoms with Gasteiger partial charge in [0.2, 0.25) is 0 Å². The van der Waals surface area contributed by atoms with Crippen molar-refractivity contribution >= 4 is 0 Å². The van der Waals surface area contributed by atoms with Crippen molar-refractivity contribution in [1.29, 1.82) is 0 Å². The van der Waals surface area contributed by atoms with Gasteiger partial charge in [-0.25, -0.2) is 0 Å². The molecule has 1 atom stereocenters. The van der Waals surface area contributed by atoms with Gasteiger partial charge in [-0.3, -0.25) is 4.90 Å². The molecule has 3 heteroatoms. The lowest BCUT2D eigenvalue weighted by Gasteiger charge is -2.56. The Morgan fingerprint density at radius 1 is 0.941 bits per heavy atom. The minimum absolute atomic E-state index is 0.233. The molecule has 2 saturated heterocycles. The van der Waals surface area contributed by atoms with Crippen LogP contribution in [0.1, 0.15) is 40.5 Å². The molecule has 2 heterocycles. The Labute approximate surface area is 106 Å². The Kier molecular flexibility index (Phi) is 3.81. The fourth-order valence-electron chi connectivity index (χ4n) is 3.26. The van der Waals surface area contributed by atoms with Crippen molar-refractivity contribution < 1.29 is 5.11 Å². The van der Waals surface area contributed by atoms with Gasteiger partial charge >= 0.3 is 0 Å². The van der Waals surface area contributed by atoms with Crippen LogP contribution in [-0.2, 0) is 0 Å². The van der Waals surface area contributed by atoms with Gasteiger partial charge in [-0.05, 0) is 51.1 Å². The Morgan fingerprint density at radius 3 is 1.88 bits per heavy atom. The maximum Gasteiger partial charge on any atom is 0.109 e. The zero-order valence-corrected chi connectivity index (χ0v) is 11.8. The predicted molar refractivity (Wildman–Crippen MR) is 70.8 cm³/mol. The van der Waals surface area contributed by atoms with E-state index >= 15 is 0 Å². The summed E-state index contributed by atoms with van der Waals surface area (Å²) in [7, 11) is 0. The topological polar surface area (TPSA) is 26.7 Å². The van der Waals surface area contributed by atoms with Crippen LogP contribution in [-0.4, -0.2) is 53.4 Å². The zero-order chi connectivity index (χ0) is 12.6. The Morgan fingerprint density at radius 2 is 1.47 bits per heavy atom. The van der Waals surface area contributed by atoms with E-state index in [1.165, 1.54) is 25.9 Å². The second kappa shape index (κ2) is 4.87. The van der Waals surface area contributed by atoms with E-state index in [1.54, 1.807) is 0 Å². The molecule has 0 aromatic heterocycles. The second-order valence-electron chi connectivity index (χ2n) is 6.69. The Balaban J connectivity index is 1.79. The fourth-order valence-corrected chi connectivity index (χ4v) is 3.26. The summed E-state index contributed by atoms with van der Waals surface area (Å²) in [5.74, 6) is 0.350. The van der Waals surface area contributed by atoms with E-state index in [9.17, 15) is 5.11 Å². The van der Waals surface area contributed by atoms with Crippen molar-refractivity contribution in [2.24, 2.45) is 11.3 Å². The molecule has 17 heavy (non-hydrogen) atoms. The predicted octanol–water partition coefficient (Wildman–Crippen LogP) is 1.77. The molecule has 0 aromatic carbocycles. The molecule has 1 spiro atoms. The van der Waals surface area contributed by atoms with Crippen molar-refractivity contribution in [2.45, 2.75) is 52.8 Å². The van der Waals surface area contributed by atoms with Crippen LogP contribution < -0.4 is 0 Å². The summed E-state index contributed by atoms with van der Waals surface area (Å²) < 4.78 is 0. The minimum Gasteiger partial charge on any atom is -0.378 e. The Hall–Kier alpha value is -0.120. The summed E-state index contributed by atoms with van der Waals surface area (Å²) in [5.41, 5.74) is 0.529. The number of hydrogen-bond donors (Lipinski definition) is 1. The molecule has 2 rings (SSSR count). The fraction of sp³-hybridized carbons (Fsp3) is 1.00. The highest BCUT2D eigenvalue weighted by Crippen LogP contribution is 2.42. The third-order valence-corrected chi connectivity index (χ3v) is 4.64. The molecule has 2 aliphatic heterocycles. The molecule has 2 aliphatic rings. The highest BCUT2D eigenvalue weighted by Gasteiger charge is 2.47. The summed E-state index contributed by atoms with van der Waals surface area (Å²) in [6.45, 7) is 13.5. The average Bonchev–Trinajstić information content (AvgIpc) is 2.24. The van der Waals surface area contributed by atoms with E-state index in [2.05, 4.69) is 37.5 Å². The lowest BCUT2D eigenvalue weighted by atomic mass is 9.71. The number of rotatable bonds is 3. The molecule has 3 nitrogen and oxygen atoms in total. The average molecular weight is 240 g/mol. The highest BCUT2D eigenvalue weighted by molar-refractivity contribution is 4.99. The number of piperidine rings is 1. The van der Waals surface area contributed by atoms with Crippen LogP contribution in [0.3, 0.4) is 0 Å². The molecular weight excluding hydrogens is 212 g/mol. The van der Waals surface area contributed by atoms with Crippen molar-refractivity contribution in [3.63, 3.8) is 0 Å². The first-order chi connectivity index (χ1) is 7.93. The summed E-state index contributed by atoms with van der Waals surface area (Å²) in [6.07, 6.45) is 2.39. The normalized spacial score (nSPS) is 27.7. The number of nitrogens with zero attached hydrogens (tertiary/aromatic N) is 2. The number of aliphatic hydroxyl groups is 1. The van der Waals surface area contributed by atoms with Gasteiger partial charge in [-0.1, -0.05) is 13.8 Å². The minimum atomic E-state index is -0.233. The maximum absolute atomic E-state index is 10.0. The third-order valence-electron chi connectivity index (χ3n) is 4.64. The van der Waals surface area contributed by atoms with Crippen molar-refractivity contribution in [3.05, 3.63) is 0 Å². The van der Waals surface area contributed by atoms with Gasteiger partial charge in [0.05, 0.1) is 0 Å². The van der Waals surface area contributed by atoms with Gasteiger partial charge in [-0.15, -0.1) is 0 Å². The maximum atomic E-state index is 10.0. The van der Waals surface area contributed by atoms with E-state index in [4.69, 9.17) is 0 Å². The van der Waals surface area contributed by atoms with Crippen LogP contribution in [0.15, 0.2) is 0 Å². The van der Waals surface area contributed by atoms with Crippen LogP contribution in [0.2, 0.25) is 0 Å². The van der Waals surface area contributed by atoms with Crippen LogP contribution in [0.25, 0.3) is 0 Å². The molecule has 2 fully saturated rings. The molecule has 0 aliphatic carbocycles. The van der Waals surface area contributed by atoms with Gasteiger partial charge < -0.3 is 10.0 Å². The summed E-state index contributed by atoms with van der Waals surface area (Å²) in [5, 5.41) is 10.0. The molecule has 0 amide bonds. The van der Waals surface area contributed by atoms with E-state index in [0.717, 1.165) is 13.1 Å². The smallest absolute Gasteiger partial charge is 0.109 e. The molecule has 100 valence electrons. The van der Waals surface area contributed by atoms with Crippen LogP contribution >= 0.6 is 0 Å². The Bertz CT molecular complexity index is 249. The monoisotopic (exact) mass is 240 g/mol. The first kappa shape index (κ1) is 13.3. The number of hydrogen-bond acceptors (Lipinski definition) is 3. The van der Waals surface area contributed by atoms with E-state index in [-0.39, 0.29) is 6.23 Å². The molecule has 0 aromatic rings. The summed E-state index contributed by atoms with van der Waals surface area (Å²) in [4.78, 5) is 4.82. The quantitative estimate of drug-likeness (QED) is 0.814. The number of aliphatic hydroxyl groups excluding tert-OH is 1. The van der Waals surface area contributed by atoms with Gasteiger partial charge in [0, 0.05) is 19.1 Å². The van der Waals surface area contributed by atoms with E-state index in [1.807, 2.05) is 0 Å². The standard InChI is InChI=1S/C14H28N2O/c1-11(2)13(17)16-9-14(10-16)5-7-15(8-6-14)12(3)4/h11-13,17H,5-10H2,1-4H3. The van der Waals surface area contributed by atoms with Crippen LogP contribution in [0, 0.1) is 11.3 Å². The molecule has 0 saturated carbocycles. The van der Waals surface area contributed by atoms with Crippen molar-refractivity contribution in [2.75, 3.05) is 26.2 Å². The molecule has 1 unspecified atom stereocenters. The van der Waals surface area contributed by atoms with Gasteiger partial charge in [-0.2, -0.15) is 0 Å². The zero-order valence-electron chi connectivity index (χ0n) is 11.8. The SMILES string of the molecule is CC(C)C(O)N1CC2(CCN(C(C)C)CC2)C1. The second-order valence-corrected chi connectivity index (χ2v) is 6.69. The van der Waals surface area contributed by atoms with Gasteiger partial charge in [0.1, 0.15) is 6.23 Å². The summed E-state index contributed by atoms with van der Waals surface area (Å²) >= 11 is 0. The van der Waals surface area contributed by atoms with Crippen molar-refractivity contribution in [1.82, 2.24) is 9.80 Å². The third kappa shape index (κ3) is 2.67. The van der Waals surface area contributed by atoms with E-state index < -0.39 is 0 Å². The van der Waals surface area contributed by atoms with Crippen LogP contribution in [0.5, 0.6) is 0 Å². The first-order valence-electron chi connectivity index (χ1n) is 7.10. The lowest BCUT2D eigenvalue weighted by molar-refractivity contribution is -0.146. The van der Waals surface area contributed by atoms with Gasteiger partial charge in [0.15, 0.2) is 0 Å². The number of likely N-dealkylation sites (tertiary alicyclic amines) is 2. The molecule has 0 bridgehead atoms. The molecule has 1 N–H and O–H groups in total. The van der Waals surface area contributed by atoms with Gasteiger partial charge in [0.25, 0.3) is 0 Å². The van der Waals surface area contributed by atoms with Crippen molar-refractivity contribution in [3.8, 4) is 0 Å². The van der Waals surface area contributed by atoms with Crippen LogP contribution in [0.4, 0.5) is 0 Å².